The van der Waals surface area contributed by atoms with Crippen LogP contribution in [0.5, 0.6) is 6.01 Å². The van der Waals surface area contributed by atoms with Crippen molar-refractivity contribution in [2.75, 3.05) is 44.9 Å². The first-order valence-electron chi connectivity index (χ1n) is 12.3. The maximum Gasteiger partial charge on any atom is 0.318 e. The number of halogens is 2. The van der Waals surface area contributed by atoms with Gasteiger partial charge in [-0.1, -0.05) is 48.5 Å². The number of carbonyl (C=O) groups excluding carboxylic acids is 1. The molecule has 0 radical (unpaired) electrons. The Kier molecular flexibility index (Phi) is 6.12. The highest BCUT2D eigenvalue weighted by molar-refractivity contribution is 6.36. The third-order valence-electron chi connectivity index (χ3n) is 7.41. The number of hydrogen-bond acceptors (Lipinski definition) is 7. The quantitative estimate of drug-likeness (QED) is 0.353. The molecular formula is C28H25ClFN5O3. The zero-order valence-electron chi connectivity index (χ0n) is 20.8. The zero-order chi connectivity index (χ0) is 26.4. The molecule has 4 aromatic rings. The smallest absolute Gasteiger partial charge is 0.318 e. The molecule has 1 amide bonds. The van der Waals surface area contributed by atoms with Crippen LogP contribution in [0.3, 0.4) is 0 Å². The molecule has 194 valence electrons. The second-order valence-electron chi connectivity index (χ2n) is 9.50. The molecule has 38 heavy (non-hydrogen) atoms. The summed E-state index contributed by atoms with van der Waals surface area (Å²) in [6, 6.07) is 11.2. The molecule has 2 aliphatic rings. The summed E-state index contributed by atoms with van der Waals surface area (Å²) in [6.07, 6.45) is 3.61. The Morgan fingerprint density at radius 3 is 2.79 bits per heavy atom. The second-order valence-corrected chi connectivity index (χ2v) is 9.91. The van der Waals surface area contributed by atoms with E-state index in [0.29, 0.717) is 61.1 Å². The summed E-state index contributed by atoms with van der Waals surface area (Å²) in [5, 5.41) is 2.57. The molecule has 0 N–H and O–H groups in total. The first-order valence-corrected chi connectivity index (χ1v) is 12.7. The van der Waals surface area contributed by atoms with Crippen LogP contribution in [0.25, 0.3) is 32.9 Å². The molecule has 2 aromatic heterocycles. The highest BCUT2D eigenvalue weighted by atomic mass is 35.5. The average Bonchev–Trinajstić information content (AvgIpc) is 3.40. The van der Waals surface area contributed by atoms with Gasteiger partial charge in [0.05, 0.1) is 24.6 Å². The van der Waals surface area contributed by atoms with Crippen molar-refractivity contribution in [3.8, 4) is 17.3 Å². The number of benzene rings is 2. The maximum atomic E-state index is 16.2. The van der Waals surface area contributed by atoms with Crippen molar-refractivity contribution in [2.24, 2.45) is 0 Å². The van der Waals surface area contributed by atoms with E-state index < -0.39 is 11.4 Å². The summed E-state index contributed by atoms with van der Waals surface area (Å²) in [7, 11) is 1.45. The molecule has 1 unspecified atom stereocenters. The van der Waals surface area contributed by atoms with Gasteiger partial charge in [0.15, 0.2) is 5.82 Å². The lowest BCUT2D eigenvalue weighted by Gasteiger charge is -2.48. The average molecular weight is 534 g/mol. The molecular weight excluding hydrogens is 509 g/mol. The lowest BCUT2D eigenvalue weighted by Crippen LogP contribution is -2.64. The van der Waals surface area contributed by atoms with E-state index in [-0.39, 0.29) is 23.1 Å². The minimum Gasteiger partial charge on any atom is -0.467 e. The Morgan fingerprint density at radius 1 is 1.24 bits per heavy atom. The van der Waals surface area contributed by atoms with Gasteiger partial charge in [-0.2, -0.15) is 9.97 Å². The fourth-order valence-electron chi connectivity index (χ4n) is 5.58. The van der Waals surface area contributed by atoms with Crippen LogP contribution in [-0.2, 0) is 9.53 Å². The number of rotatable bonds is 4. The molecule has 1 atom stereocenters. The molecule has 0 bridgehead atoms. The number of fused-ring (bicyclic) bond motifs is 2. The number of piperazine rings is 1. The van der Waals surface area contributed by atoms with Gasteiger partial charge in [-0.15, -0.1) is 0 Å². The van der Waals surface area contributed by atoms with Crippen LogP contribution in [0.2, 0.25) is 5.02 Å². The summed E-state index contributed by atoms with van der Waals surface area (Å²) >= 11 is 6.51. The van der Waals surface area contributed by atoms with Gasteiger partial charge < -0.3 is 19.3 Å². The number of ether oxygens (including phenoxy) is 2. The lowest BCUT2D eigenvalue weighted by molar-refractivity contribution is -0.133. The minimum absolute atomic E-state index is 0.0424. The largest absolute Gasteiger partial charge is 0.467 e. The predicted molar refractivity (Wildman–Crippen MR) is 144 cm³/mol. The monoisotopic (exact) mass is 533 g/mol. The van der Waals surface area contributed by atoms with Crippen molar-refractivity contribution < 1.29 is 18.7 Å². The van der Waals surface area contributed by atoms with Crippen molar-refractivity contribution in [3.05, 3.63) is 66.1 Å². The van der Waals surface area contributed by atoms with Crippen molar-refractivity contribution in [2.45, 2.75) is 12.0 Å². The molecule has 2 fully saturated rings. The van der Waals surface area contributed by atoms with Crippen LogP contribution in [-0.4, -0.2) is 71.3 Å². The van der Waals surface area contributed by atoms with Crippen LogP contribution >= 0.6 is 11.6 Å². The molecule has 2 saturated heterocycles. The second kappa shape index (κ2) is 9.49. The first kappa shape index (κ1) is 24.5. The SMILES string of the molecule is C=CC(=O)N1CCN(c2nc(OC)nc3c(F)c(-c4cccc5cccc(Cl)c45)ncc23)CC12CCOC2. The van der Waals surface area contributed by atoms with E-state index >= 15 is 4.39 Å². The topological polar surface area (TPSA) is 80.7 Å². The van der Waals surface area contributed by atoms with Crippen LogP contribution in [0.1, 0.15) is 6.42 Å². The van der Waals surface area contributed by atoms with E-state index in [2.05, 4.69) is 21.5 Å². The van der Waals surface area contributed by atoms with Crippen molar-refractivity contribution in [1.29, 1.82) is 0 Å². The molecule has 0 aliphatic carbocycles. The van der Waals surface area contributed by atoms with Crippen molar-refractivity contribution >= 4 is 45.0 Å². The molecule has 0 saturated carbocycles. The van der Waals surface area contributed by atoms with Crippen LogP contribution in [0, 0.1) is 5.82 Å². The normalized spacial score (nSPS) is 19.4. The van der Waals surface area contributed by atoms with Gasteiger partial charge in [0, 0.05) is 48.4 Å². The Labute approximate surface area is 223 Å². The predicted octanol–water partition coefficient (Wildman–Crippen LogP) is 4.64. The summed E-state index contributed by atoms with van der Waals surface area (Å²) in [4.78, 5) is 30.0. The number of amides is 1. The third kappa shape index (κ3) is 3.85. The van der Waals surface area contributed by atoms with E-state index in [4.69, 9.17) is 21.1 Å². The van der Waals surface area contributed by atoms with Crippen molar-refractivity contribution in [1.82, 2.24) is 19.9 Å². The molecule has 6 rings (SSSR count). The summed E-state index contributed by atoms with van der Waals surface area (Å²) < 4.78 is 27.3. The third-order valence-corrected chi connectivity index (χ3v) is 7.72. The van der Waals surface area contributed by atoms with E-state index in [1.165, 1.54) is 13.2 Å². The minimum atomic E-state index is -0.587. The highest BCUT2D eigenvalue weighted by Gasteiger charge is 2.47. The van der Waals surface area contributed by atoms with Crippen molar-refractivity contribution in [3.63, 3.8) is 0 Å². The number of aromatic nitrogens is 3. The zero-order valence-corrected chi connectivity index (χ0v) is 21.5. The van der Waals surface area contributed by atoms with Gasteiger partial charge in [0.2, 0.25) is 5.91 Å². The Hall–Kier alpha value is -3.82. The van der Waals surface area contributed by atoms with Crippen LogP contribution in [0.4, 0.5) is 10.2 Å². The van der Waals surface area contributed by atoms with Gasteiger partial charge in [-0.3, -0.25) is 9.78 Å². The number of hydrogen-bond donors (Lipinski definition) is 0. The molecule has 8 nitrogen and oxygen atoms in total. The standard InChI is InChI=1S/C28H25ClFN5O3/c1-3-21(36)35-12-11-34(15-28(35)10-13-38-16-28)26-19-14-31-24(23(30)25(19)32-27(33-26)37-2)18-8-4-6-17-7-5-9-20(29)22(17)18/h3-9,14H,1,10-13,15-16H2,2H3. The Balaban J connectivity index is 1.49. The molecule has 4 heterocycles. The summed E-state index contributed by atoms with van der Waals surface area (Å²) in [6.45, 7) is 6.01. The van der Waals surface area contributed by atoms with Gasteiger partial charge in [-0.05, 0) is 23.9 Å². The van der Waals surface area contributed by atoms with Gasteiger partial charge in [-0.25, -0.2) is 4.39 Å². The first-order chi connectivity index (χ1) is 18.5. The molecule has 2 aliphatic heterocycles. The highest BCUT2D eigenvalue weighted by Crippen LogP contribution is 2.39. The number of carbonyl (C=O) groups is 1. The molecule has 2 aromatic carbocycles. The Morgan fingerprint density at radius 2 is 2.05 bits per heavy atom. The Bertz CT molecular complexity index is 1590. The summed E-state index contributed by atoms with van der Waals surface area (Å²) in [5.74, 6) is -0.222. The van der Waals surface area contributed by atoms with Gasteiger partial charge in [0.1, 0.15) is 17.0 Å². The van der Waals surface area contributed by atoms with E-state index in [9.17, 15) is 4.79 Å². The van der Waals surface area contributed by atoms with E-state index in [0.717, 1.165) is 10.8 Å². The molecule has 10 heteroatoms. The summed E-state index contributed by atoms with van der Waals surface area (Å²) in [5.41, 5.74) is 0.289. The number of pyridine rings is 1. The van der Waals surface area contributed by atoms with E-state index in [1.54, 1.807) is 18.3 Å². The number of anilines is 1. The fraction of sp³-hybridized carbons (Fsp3) is 0.286. The van der Waals surface area contributed by atoms with Gasteiger partial charge >= 0.3 is 6.01 Å². The number of nitrogens with zero attached hydrogens (tertiary/aromatic N) is 5. The molecule has 1 spiro atoms. The van der Waals surface area contributed by atoms with E-state index in [1.807, 2.05) is 34.1 Å². The number of methoxy groups -OCH3 is 1. The van der Waals surface area contributed by atoms with Gasteiger partial charge in [0.25, 0.3) is 0 Å². The lowest BCUT2D eigenvalue weighted by atomic mass is 9.92. The van der Waals surface area contributed by atoms with Crippen LogP contribution in [0.15, 0.2) is 55.3 Å². The maximum absolute atomic E-state index is 16.2. The van der Waals surface area contributed by atoms with Crippen LogP contribution < -0.4 is 9.64 Å². The fourth-order valence-corrected chi connectivity index (χ4v) is 5.86.